The van der Waals surface area contributed by atoms with Gasteiger partial charge in [-0.2, -0.15) is 0 Å². The van der Waals surface area contributed by atoms with E-state index in [1.165, 1.54) is 5.69 Å². The summed E-state index contributed by atoms with van der Waals surface area (Å²) in [5.74, 6) is 0. The van der Waals surface area contributed by atoms with Crippen LogP contribution in [0.1, 0.15) is 20.8 Å². The van der Waals surface area contributed by atoms with Crippen molar-refractivity contribution < 1.29 is 0 Å². The molecule has 0 spiro atoms. The van der Waals surface area contributed by atoms with Crippen LogP contribution in [0, 0.1) is 0 Å². The van der Waals surface area contributed by atoms with E-state index in [4.69, 9.17) is 0 Å². The Labute approximate surface area is 120 Å². The molecular formula is C13H18Br2N2. The van der Waals surface area contributed by atoms with Gasteiger partial charge < -0.3 is 10.2 Å². The SMILES string of the molecule is CC1CNC(C)(C)CN1c1ccc(Br)cc1Br. The number of piperazine rings is 1. The summed E-state index contributed by atoms with van der Waals surface area (Å²) in [5, 5.41) is 3.57. The lowest BCUT2D eigenvalue weighted by atomic mass is 9.98. The second-order valence-corrected chi connectivity index (χ2v) is 7.11. The Morgan fingerprint density at radius 3 is 2.71 bits per heavy atom. The molecule has 0 saturated carbocycles. The summed E-state index contributed by atoms with van der Waals surface area (Å²) in [4.78, 5) is 2.47. The summed E-state index contributed by atoms with van der Waals surface area (Å²) < 4.78 is 2.26. The number of rotatable bonds is 1. The number of hydrogen-bond donors (Lipinski definition) is 1. The van der Waals surface area contributed by atoms with Gasteiger partial charge in [0.1, 0.15) is 0 Å². The van der Waals surface area contributed by atoms with Crippen LogP contribution < -0.4 is 10.2 Å². The third-order valence-corrected chi connectivity index (χ3v) is 4.32. The predicted octanol–water partition coefficient (Wildman–Crippen LogP) is 3.79. The molecule has 0 amide bonds. The Morgan fingerprint density at radius 2 is 2.06 bits per heavy atom. The minimum Gasteiger partial charge on any atom is -0.365 e. The first kappa shape index (κ1) is 13.4. The smallest absolute Gasteiger partial charge is 0.0514 e. The second kappa shape index (κ2) is 4.90. The maximum atomic E-state index is 3.66. The summed E-state index contributed by atoms with van der Waals surface area (Å²) in [6.45, 7) is 8.80. The van der Waals surface area contributed by atoms with Crippen molar-refractivity contribution in [2.24, 2.45) is 0 Å². The van der Waals surface area contributed by atoms with Gasteiger partial charge in [-0.15, -0.1) is 0 Å². The van der Waals surface area contributed by atoms with E-state index in [9.17, 15) is 0 Å². The van der Waals surface area contributed by atoms with E-state index in [0.717, 1.165) is 22.0 Å². The first-order chi connectivity index (χ1) is 7.89. The summed E-state index contributed by atoms with van der Waals surface area (Å²) in [7, 11) is 0. The molecule has 17 heavy (non-hydrogen) atoms. The lowest BCUT2D eigenvalue weighted by Crippen LogP contribution is -2.61. The Bertz CT molecular complexity index is 418. The van der Waals surface area contributed by atoms with Crippen LogP contribution in [0.4, 0.5) is 5.69 Å². The molecule has 1 unspecified atom stereocenters. The van der Waals surface area contributed by atoms with Crippen molar-refractivity contribution in [3.63, 3.8) is 0 Å². The van der Waals surface area contributed by atoms with Crippen molar-refractivity contribution in [2.45, 2.75) is 32.4 Å². The predicted molar refractivity (Wildman–Crippen MR) is 80.7 cm³/mol. The van der Waals surface area contributed by atoms with Crippen LogP contribution in [0.15, 0.2) is 27.1 Å². The number of benzene rings is 1. The Balaban J connectivity index is 2.31. The summed E-state index contributed by atoms with van der Waals surface area (Å²) in [5.41, 5.74) is 1.44. The molecule has 0 aliphatic carbocycles. The summed E-state index contributed by atoms with van der Waals surface area (Å²) >= 11 is 7.15. The van der Waals surface area contributed by atoms with Gasteiger partial charge >= 0.3 is 0 Å². The largest absolute Gasteiger partial charge is 0.365 e. The fraction of sp³-hybridized carbons (Fsp3) is 0.538. The van der Waals surface area contributed by atoms with Gasteiger partial charge in [-0.05, 0) is 54.9 Å². The molecular weight excluding hydrogens is 344 g/mol. The standard InChI is InChI=1S/C13H18Br2N2/c1-9-7-16-13(2,3)8-17(9)12-5-4-10(14)6-11(12)15/h4-6,9,16H,7-8H2,1-3H3. The minimum atomic E-state index is 0.166. The van der Waals surface area contributed by atoms with E-state index in [-0.39, 0.29) is 5.54 Å². The fourth-order valence-electron chi connectivity index (χ4n) is 2.21. The molecule has 0 radical (unpaired) electrons. The first-order valence-corrected chi connectivity index (χ1v) is 7.44. The van der Waals surface area contributed by atoms with Crippen molar-refractivity contribution in [2.75, 3.05) is 18.0 Å². The molecule has 1 aliphatic rings. The van der Waals surface area contributed by atoms with Crippen LogP contribution in [-0.2, 0) is 0 Å². The van der Waals surface area contributed by atoms with Crippen molar-refractivity contribution in [1.82, 2.24) is 5.32 Å². The van der Waals surface area contributed by atoms with Crippen molar-refractivity contribution in [1.29, 1.82) is 0 Å². The number of halogens is 2. The van der Waals surface area contributed by atoms with E-state index in [0.29, 0.717) is 6.04 Å². The zero-order valence-corrected chi connectivity index (χ0v) is 13.6. The third-order valence-electron chi connectivity index (χ3n) is 3.19. The van der Waals surface area contributed by atoms with Crippen molar-refractivity contribution in [3.05, 3.63) is 27.1 Å². The molecule has 1 fully saturated rings. The minimum absolute atomic E-state index is 0.166. The molecule has 0 aromatic heterocycles. The van der Waals surface area contributed by atoms with Crippen LogP contribution >= 0.6 is 31.9 Å². The summed E-state index contributed by atoms with van der Waals surface area (Å²) in [6.07, 6.45) is 0. The maximum absolute atomic E-state index is 3.66. The van der Waals surface area contributed by atoms with Gasteiger partial charge in [-0.3, -0.25) is 0 Å². The highest BCUT2D eigenvalue weighted by atomic mass is 79.9. The number of nitrogens with one attached hydrogen (secondary N) is 1. The molecule has 1 N–H and O–H groups in total. The van der Waals surface area contributed by atoms with E-state index < -0.39 is 0 Å². The monoisotopic (exact) mass is 360 g/mol. The number of hydrogen-bond acceptors (Lipinski definition) is 2. The number of nitrogens with zero attached hydrogens (tertiary/aromatic N) is 1. The molecule has 2 rings (SSSR count). The van der Waals surface area contributed by atoms with Crippen LogP contribution in [0.2, 0.25) is 0 Å². The lowest BCUT2D eigenvalue weighted by Gasteiger charge is -2.45. The normalized spacial score (nSPS) is 23.8. The zero-order valence-electron chi connectivity index (χ0n) is 10.4. The molecule has 1 heterocycles. The molecule has 2 nitrogen and oxygen atoms in total. The summed E-state index contributed by atoms with van der Waals surface area (Å²) in [6, 6.07) is 6.89. The molecule has 1 aromatic carbocycles. The molecule has 1 aliphatic heterocycles. The maximum Gasteiger partial charge on any atom is 0.0514 e. The van der Waals surface area contributed by atoms with Gasteiger partial charge in [0.05, 0.1) is 5.69 Å². The molecule has 4 heteroatoms. The van der Waals surface area contributed by atoms with Gasteiger partial charge in [-0.25, -0.2) is 0 Å². The van der Waals surface area contributed by atoms with E-state index in [1.807, 2.05) is 0 Å². The van der Waals surface area contributed by atoms with Crippen LogP contribution in [-0.4, -0.2) is 24.7 Å². The average Bonchev–Trinajstić information content (AvgIpc) is 2.22. The third kappa shape index (κ3) is 3.04. The van der Waals surface area contributed by atoms with E-state index in [2.05, 4.69) is 81.0 Å². The van der Waals surface area contributed by atoms with Gasteiger partial charge in [0.25, 0.3) is 0 Å². The van der Waals surface area contributed by atoms with Crippen LogP contribution in [0.3, 0.4) is 0 Å². The highest BCUT2D eigenvalue weighted by Gasteiger charge is 2.30. The lowest BCUT2D eigenvalue weighted by molar-refractivity contribution is 0.318. The second-order valence-electron chi connectivity index (χ2n) is 5.34. The first-order valence-electron chi connectivity index (χ1n) is 5.86. The quantitative estimate of drug-likeness (QED) is 0.818. The van der Waals surface area contributed by atoms with Gasteiger partial charge in [0, 0.05) is 33.6 Å². The topological polar surface area (TPSA) is 15.3 Å². The molecule has 1 aromatic rings. The Hall–Kier alpha value is -0.0600. The van der Waals surface area contributed by atoms with E-state index in [1.54, 1.807) is 0 Å². The van der Waals surface area contributed by atoms with E-state index >= 15 is 0 Å². The van der Waals surface area contributed by atoms with Gasteiger partial charge in [0.2, 0.25) is 0 Å². The Kier molecular flexibility index (Phi) is 3.86. The molecule has 1 saturated heterocycles. The zero-order chi connectivity index (χ0) is 12.6. The van der Waals surface area contributed by atoms with Gasteiger partial charge in [-0.1, -0.05) is 15.9 Å². The van der Waals surface area contributed by atoms with Gasteiger partial charge in [0.15, 0.2) is 0 Å². The van der Waals surface area contributed by atoms with Crippen LogP contribution in [0.5, 0.6) is 0 Å². The van der Waals surface area contributed by atoms with Crippen LogP contribution in [0.25, 0.3) is 0 Å². The number of anilines is 1. The molecule has 94 valence electrons. The fourth-order valence-corrected chi connectivity index (χ4v) is 3.48. The van der Waals surface area contributed by atoms with Crippen molar-refractivity contribution >= 4 is 37.5 Å². The molecule has 1 atom stereocenters. The average molecular weight is 362 g/mol. The highest BCUT2D eigenvalue weighted by Crippen LogP contribution is 2.32. The van der Waals surface area contributed by atoms with Crippen molar-refractivity contribution in [3.8, 4) is 0 Å². The highest BCUT2D eigenvalue weighted by molar-refractivity contribution is 9.11. The Morgan fingerprint density at radius 1 is 1.35 bits per heavy atom. The molecule has 0 bridgehead atoms.